The van der Waals surface area contributed by atoms with E-state index in [0.717, 1.165) is 6.07 Å². The molecule has 0 fully saturated rings. The number of ketones is 1. The molecule has 1 spiro atoms. The molecule has 11 heteroatoms. The molecule has 2 heterocycles. The van der Waals surface area contributed by atoms with Gasteiger partial charge in [0, 0.05) is 28.6 Å². The van der Waals surface area contributed by atoms with Crippen molar-refractivity contribution in [2.75, 3.05) is 14.2 Å². The highest BCUT2D eigenvalue weighted by molar-refractivity contribution is 6.16. The monoisotopic (exact) mass is 558 g/mol. The van der Waals surface area contributed by atoms with E-state index >= 15 is 0 Å². The summed E-state index contributed by atoms with van der Waals surface area (Å²) in [6.45, 7) is 3.16. The Morgan fingerprint density at radius 2 is 1.54 bits per heavy atom. The quantitative estimate of drug-likeness (QED) is 0.253. The molecule has 4 aromatic rings. The summed E-state index contributed by atoms with van der Waals surface area (Å²) in [5, 5.41) is 42.5. The number of carbonyl (C=O) groups excluding carboxylic acids is 2. The van der Waals surface area contributed by atoms with Gasteiger partial charge in [-0.05, 0) is 54.8 Å². The Balaban J connectivity index is 1.85. The van der Waals surface area contributed by atoms with E-state index < -0.39 is 40.4 Å². The summed E-state index contributed by atoms with van der Waals surface area (Å²) in [6, 6.07) is 6.61. The van der Waals surface area contributed by atoms with Gasteiger partial charge in [0.15, 0.2) is 22.7 Å². The number of benzene rings is 3. The van der Waals surface area contributed by atoms with Gasteiger partial charge >= 0.3 is 11.9 Å². The largest absolute Gasteiger partial charge is 0.507 e. The number of esters is 1. The smallest absolute Gasteiger partial charge is 0.343 e. The number of aromatic carboxylic acids is 1. The van der Waals surface area contributed by atoms with E-state index in [1.165, 1.54) is 44.6 Å². The Hall–Kier alpha value is -5.45. The van der Waals surface area contributed by atoms with Gasteiger partial charge in [-0.2, -0.15) is 0 Å². The second kappa shape index (κ2) is 8.52. The molecule has 208 valence electrons. The SMILES string of the molecule is COc1cc(O)c(C(=O)O)c(-c2c(C)cc(O)c3oc4c(c23)[C@]2(OC(=O)c3c(O)cc(OC)cc32)C(C)=CC4=O)c1. The summed E-state index contributed by atoms with van der Waals surface area (Å²) in [4.78, 5) is 39.0. The highest BCUT2D eigenvalue weighted by atomic mass is 16.6. The molecular formula is C30H22O11. The van der Waals surface area contributed by atoms with E-state index in [1.807, 2.05) is 0 Å². The van der Waals surface area contributed by atoms with Crippen molar-refractivity contribution >= 4 is 28.7 Å². The van der Waals surface area contributed by atoms with Crippen molar-refractivity contribution in [1.29, 1.82) is 0 Å². The molecule has 0 bridgehead atoms. The van der Waals surface area contributed by atoms with E-state index in [1.54, 1.807) is 13.8 Å². The lowest BCUT2D eigenvalue weighted by Gasteiger charge is -2.33. The highest BCUT2D eigenvalue weighted by Crippen LogP contribution is 2.58. The third-order valence-electron chi connectivity index (χ3n) is 7.58. The van der Waals surface area contributed by atoms with Crippen LogP contribution in [0.5, 0.6) is 28.7 Å². The molecule has 0 saturated heterocycles. The number of hydrogen-bond donors (Lipinski definition) is 4. The number of aryl methyl sites for hydroxylation is 1. The van der Waals surface area contributed by atoms with Gasteiger partial charge < -0.3 is 39.1 Å². The number of phenolic OH excluding ortho intramolecular Hbond substituents is 2. The minimum absolute atomic E-state index is 0.00621. The Morgan fingerprint density at radius 1 is 0.878 bits per heavy atom. The van der Waals surface area contributed by atoms with Crippen molar-refractivity contribution in [3.63, 3.8) is 0 Å². The molecule has 3 aromatic carbocycles. The molecule has 0 radical (unpaired) electrons. The highest BCUT2D eigenvalue weighted by Gasteiger charge is 2.56. The molecule has 2 aliphatic rings. The van der Waals surface area contributed by atoms with Gasteiger partial charge in [0.2, 0.25) is 5.78 Å². The third-order valence-corrected chi connectivity index (χ3v) is 7.58. The van der Waals surface area contributed by atoms with Crippen LogP contribution in [0.2, 0.25) is 0 Å². The van der Waals surface area contributed by atoms with Crippen molar-refractivity contribution in [3.8, 4) is 39.9 Å². The lowest BCUT2D eigenvalue weighted by molar-refractivity contribution is 0.0227. The molecule has 0 unspecified atom stereocenters. The van der Waals surface area contributed by atoms with E-state index in [9.17, 15) is 34.8 Å². The van der Waals surface area contributed by atoms with Crippen LogP contribution in [0.25, 0.3) is 22.1 Å². The lowest BCUT2D eigenvalue weighted by atomic mass is 9.73. The molecule has 6 rings (SSSR count). The molecule has 1 aromatic heterocycles. The number of methoxy groups -OCH3 is 2. The number of carbonyl (C=O) groups is 3. The first-order chi connectivity index (χ1) is 19.4. The van der Waals surface area contributed by atoms with Crippen molar-refractivity contribution in [2.24, 2.45) is 0 Å². The molecular weight excluding hydrogens is 536 g/mol. The first-order valence-corrected chi connectivity index (χ1v) is 12.3. The molecule has 1 atom stereocenters. The van der Waals surface area contributed by atoms with Gasteiger partial charge in [0.05, 0.1) is 19.8 Å². The molecule has 1 aliphatic carbocycles. The van der Waals surface area contributed by atoms with Gasteiger partial charge in [-0.1, -0.05) is 0 Å². The lowest BCUT2D eigenvalue weighted by Crippen LogP contribution is -2.34. The van der Waals surface area contributed by atoms with Gasteiger partial charge in [0.25, 0.3) is 0 Å². The molecule has 0 saturated carbocycles. The molecule has 41 heavy (non-hydrogen) atoms. The zero-order chi connectivity index (χ0) is 29.5. The number of hydrogen-bond acceptors (Lipinski definition) is 10. The Kier molecular flexibility index (Phi) is 5.36. The number of furan rings is 1. The fourth-order valence-electron chi connectivity index (χ4n) is 5.88. The standard InChI is InChI=1S/C30H22O11/c1-11-5-19(33)26-24(21(11)15-7-13(38-3)9-17(31)22(15)28(35)36)25-27(40-26)20(34)6-12(2)30(25)16-8-14(39-4)10-18(32)23(16)29(37)41-30/h5-10,31-33H,1-4H3,(H,35,36)/t30-/m0/s1. The molecule has 11 nitrogen and oxygen atoms in total. The summed E-state index contributed by atoms with van der Waals surface area (Å²) in [5.41, 5.74) is -1.68. The average Bonchev–Trinajstić information content (AvgIpc) is 3.45. The van der Waals surface area contributed by atoms with E-state index in [2.05, 4.69) is 0 Å². The Morgan fingerprint density at radius 3 is 2.20 bits per heavy atom. The molecule has 0 amide bonds. The third kappa shape index (κ3) is 3.29. The molecule has 4 N–H and O–H groups in total. The van der Waals surface area contributed by atoms with Crippen LogP contribution in [0.1, 0.15) is 54.9 Å². The predicted molar refractivity (Wildman–Crippen MR) is 142 cm³/mol. The van der Waals surface area contributed by atoms with Crippen LogP contribution in [-0.2, 0) is 10.3 Å². The minimum Gasteiger partial charge on any atom is -0.507 e. The number of aromatic hydroxyl groups is 3. The van der Waals surface area contributed by atoms with Gasteiger partial charge in [-0.25, -0.2) is 9.59 Å². The fraction of sp³-hybridized carbons (Fsp3) is 0.167. The summed E-state index contributed by atoms with van der Waals surface area (Å²) in [7, 11) is 2.72. The van der Waals surface area contributed by atoms with Gasteiger partial charge in [-0.15, -0.1) is 0 Å². The van der Waals surface area contributed by atoms with Crippen LogP contribution in [0.4, 0.5) is 0 Å². The number of rotatable bonds is 4. The summed E-state index contributed by atoms with van der Waals surface area (Å²) >= 11 is 0. The number of ether oxygens (including phenoxy) is 3. The maximum absolute atomic E-state index is 13.3. The van der Waals surface area contributed by atoms with Crippen LogP contribution < -0.4 is 9.47 Å². The summed E-state index contributed by atoms with van der Waals surface area (Å²) in [6.07, 6.45) is 1.23. The van der Waals surface area contributed by atoms with Crippen LogP contribution in [0.3, 0.4) is 0 Å². The minimum atomic E-state index is -1.83. The van der Waals surface area contributed by atoms with Crippen molar-refractivity contribution in [2.45, 2.75) is 19.4 Å². The topological polar surface area (TPSA) is 173 Å². The van der Waals surface area contributed by atoms with Crippen LogP contribution >= 0.6 is 0 Å². The van der Waals surface area contributed by atoms with E-state index in [4.69, 9.17) is 18.6 Å². The number of carboxylic acid groups (broad SMARTS) is 1. The van der Waals surface area contributed by atoms with Crippen LogP contribution in [-0.4, -0.2) is 52.4 Å². The predicted octanol–water partition coefficient (Wildman–Crippen LogP) is 4.80. The van der Waals surface area contributed by atoms with E-state index in [0.29, 0.717) is 5.56 Å². The van der Waals surface area contributed by atoms with Crippen LogP contribution in [0.15, 0.2) is 46.4 Å². The normalized spacial score (nSPS) is 17.3. The maximum atomic E-state index is 13.3. The second-order valence-electron chi connectivity index (χ2n) is 9.80. The van der Waals surface area contributed by atoms with E-state index in [-0.39, 0.29) is 67.4 Å². The zero-order valence-corrected chi connectivity index (χ0v) is 22.1. The number of phenols is 3. The Bertz CT molecular complexity index is 1910. The van der Waals surface area contributed by atoms with Gasteiger partial charge in [-0.3, -0.25) is 4.79 Å². The first kappa shape index (κ1) is 25.8. The van der Waals surface area contributed by atoms with Gasteiger partial charge in [0.1, 0.15) is 34.1 Å². The number of allylic oxidation sites excluding steroid dienone is 1. The number of fused-ring (bicyclic) bond motifs is 6. The summed E-state index contributed by atoms with van der Waals surface area (Å²) in [5.74, 6) is -4.22. The second-order valence-corrected chi connectivity index (χ2v) is 9.80. The van der Waals surface area contributed by atoms with Crippen molar-refractivity contribution in [3.05, 3.63) is 75.6 Å². The first-order valence-electron chi connectivity index (χ1n) is 12.3. The number of carboxylic acids is 1. The molecule has 1 aliphatic heterocycles. The van der Waals surface area contributed by atoms with Crippen molar-refractivity contribution in [1.82, 2.24) is 0 Å². The van der Waals surface area contributed by atoms with Crippen molar-refractivity contribution < 1.29 is 53.4 Å². The Labute approximate surface area is 231 Å². The van der Waals surface area contributed by atoms with Crippen LogP contribution in [0, 0.1) is 6.92 Å². The summed E-state index contributed by atoms with van der Waals surface area (Å²) < 4.78 is 22.6. The maximum Gasteiger partial charge on any atom is 0.343 e. The average molecular weight is 558 g/mol. The fourth-order valence-corrected chi connectivity index (χ4v) is 5.88. The zero-order valence-electron chi connectivity index (χ0n) is 22.1.